The first-order chi connectivity index (χ1) is 12.5. The molecule has 1 aromatic heterocycles. The van der Waals surface area contributed by atoms with Crippen LogP contribution in [0.3, 0.4) is 0 Å². The largest absolute Gasteiger partial charge is 0.493 e. The number of aliphatic imine (C=N–C) groups is 1. The van der Waals surface area contributed by atoms with E-state index in [-0.39, 0.29) is 30.0 Å². The molecule has 0 aliphatic rings. The van der Waals surface area contributed by atoms with E-state index in [4.69, 9.17) is 9.47 Å². The zero-order valence-electron chi connectivity index (χ0n) is 16.7. The molecule has 8 nitrogen and oxygen atoms in total. The van der Waals surface area contributed by atoms with Crippen molar-refractivity contribution in [2.24, 2.45) is 12.0 Å². The Bertz CT molecular complexity index is 747. The quantitative estimate of drug-likeness (QED) is 0.354. The highest BCUT2D eigenvalue weighted by Crippen LogP contribution is 2.29. The van der Waals surface area contributed by atoms with Gasteiger partial charge in [-0.1, -0.05) is 0 Å². The lowest BCUT2D eigenvalue weighted by molar-refractivity contribution is 0.298. The SMILES string of the molecule is CN=C(NCC(c1cnn(C)c1)N(C)C)Nc1ccc(OC)c(OC)c1.I. The summed E-state index contributed by atoms with van der Waals surface area (Å²) >= 11 is 0. The van der Waals surface area contributed by atoms with Crippen LogP contribution in [0.25, 0.3) is 0 Å². The molecule has 9 heteroatoms. The summed E-state index contributed by atoms with van der Waals surface area (Å²) in [4.78, 5) is 6.44. The van der Waals surface area contributed by atoms with Crippen LogP contribution in [-0.2, 0) is 7.05 Å². The summed E-state index contributed by atoms with van der Waals surface area (Å²) in [7, 11) is 11.0. The Balaban J connectivity index is 0.00000364. The van der Waals surface area contributed by atoms with Gasteiger partial charge in [0.1, 0.15) is 0 Å². The van der Waals surface area contributed by atoms with Crippen molar-refractivity contribution in [3.63, 3.8) is 0 Å². The number of likely N-dealkylation sites (N-methyl/N-ethyl adjacent to an activating group) is 1. The van der Waals surface area contributed by atoms with E-state index in [0.29, 0.717) is 24.0 Å². The van der Waals surface area contributed by atoms with Gasteiger partial charge in [0.25, 0.3) is 0 Å². The molecule has 0 amide bonds. The van der Waals surface area contributed by atoms with E-state index in [2.05, 4.69) is 25.6 Å². The summed E-state index contributed by atoms with van der Waals surface area (Å²) in [5, 5.41) is 10.9. The minimum absolute atomic E-state index is 0. The Kier molecular flexibility index (Phi) is 9.36. The van der Waals surface area contributed by atoms with Crippen LogP contribution in [0.15, 0.2) is 35.6 Å². The molecule has 1 aromatic carbocycles. The first-order valence-corrected chi connectivity index (χ1v) is 8.33. The van der Waals surface area contributed by atoms with Gasteiger partial charge in [-0.25, -0.2) is 0 Å². The highest BCUT2D eigenvalue weighted by molar-refractivity contribution is 14.0. The number of methoxy groups -OCH3 is 2. The molecule has 1 atom stereocenters. The number of nitrogens with one attached hydrogen (secondary N) is 2. The zero-order chi connectivity index (χ0) is 19.1. The molecule has 0 aliphatic heterocycles. The molecule has 1 unspecified atom stereocenters. The molecule has 0 fully saturated rings. The van der Waals surface area contributed by atoms with Gasteiger partial charge in [0.2, 0.25) is 0 Å². The highest BCUT2D eigenvalue weighted by atomic mass is 127. The van der Waals surface area contributed by atoms with E-state index in [9.17, 15) is 0 Å². The molecule has 0 spiro atoms. The number of rotatable bonds is 7. The average Bonchev–Trinajstić information content (AvgIpc) is 3.06. The molecular weight excluding hydrogens is 459 g/mol. The number of halogens is 1. The summed E-state index contributed by atoms with van der Waals surface area (Å²) in [6.45, 7) is 0.686. The highest BCUT2D eigenvalue weighted by Gasteiger charge is 2.16. The Morgan fingerprint density at radius 1 is 1.26 bits per heavy atom. The maximum atomic E-state index is 5.34. The van der Waals surface area contributed by atoms with Crippen LogP contribution in [0.5, 0.6) is 11.5 Å². The molecule has 2 rings (SSSR count). The molecule has 0 radical (unpaired) electrons. The van der Waals surface area contributed by atoms with Crippen molar-refractivity contribution in [3.8, 4) is 11.5 Å². The smallest absolute Gasteiger partial charge is 0.195 e. The fourth-order valence-electron chi connectivity index (χ4n) is 2.63. The number of benzene rings is 1. The molecule has 2 aromatic rings. The second kappa shape index (κ2) is 11.0. The fraction of sp³-hybridized carbons (Fsp3) is 0.444. The number of ether oxygens (including phenoxy) is 2. The maximum absolute atomic E-state index is 5.34. The van der Waals surface area contributed by atoms with Crippen LogP contribution in [0.2, 0.25) is 0 Å². The number of aryl methyl sites for hydroxylation is 1. The van der Waals surface area contributed by atoms with E-state index in [1.807, 2.05) is 56.4 Å². The monoisotopic (exact) mass is 488 g/mol. The van der Waals surface area contributed by atoms with Crippen molar-refractivity contribution in [3.05, 3.63) is 36.2 Å². The first kappa shape index (κ1) is 23.0. The topological polar surface area (TPSA) is 75.9 Å². The van der Waals surface area contributed by atoms with Gasteiger partial charge >= 0.3 is 0 Å². The van der Waals surface area contributed by atoms with E-state index in [1.54, 1.807) is 21.3 Å². The van der Waals surface area contributed by atoms with E-state index < -0.39 is 0 Å². The predicted molar refractivity (Wildman–Crippen MR) is 120 cm³/mol. The lowest BCUT2D eigenvalue weighted by Gasteiger charge is -2.24. The Hall–Kier alpha value is -2.01. The van der Waals surface area contributed by atoms with Crippen molar-refractivity contribution < 1.29 is 9.47 Å². The molecule has 0 saturated carbocycles. The molecule has 27 heavy (non-hydrogen) atoms. The lowest BCUT2D eigenvalue weighted by Crippen LogP contribution is -2.37. The minimum atomic E-state index is 0. The van der Waals surface area contributed by atoms with Crippen molar-refractivity contribution in [2.45, 2.75) is 6.04 Å². The molecule has 0 bridgehead atoms. The number of aromatic nitrogens is 2. The van der Waals surface area contributed by atoms with Gasteiger partial charge < -0.3 is 25.0 Å². The number of hydrogen-bond acceptors (Lipinski definition) is 5. The fourth-order valence-corrected chi connectivity index (χ4v) is 2.63. The first-order valence-electron chi connectivity index (χ1n) is 8.33. The Labute approximate surface area is 178 Å². The van der Waals surface area contributed by atoms with Crippen LogP contribution in [-0.4, -0.2) is 62.5 Å². The van der Waals surface area contributed by atoms with E-state index in [0.717, 1.165) is 11.3 Å². The third-order valence-corrected chi connectivity index (χ3v) is 4.07. The van der Waals surface area contributed by atoms with Gasteiger partial charge in [-0.2, -0.15) is 5.10 Å². The summed E-state index contributed by atoms with van der Waals surface area (Å²) in [5.74, 6) is 2.02. The standard InChI is InChI=1S/C18H28N6O2.HI/c1-19-18(22-14-7-8-16(25-5)17(9-14)26-6)20-11-15(23(2)3)13-10-21-24(4)12-13;/h7-10,12,15H,11H2,1-6H3,(H2,19,20,22);1H. The summed E-state index contributed by atoms with van der Waals surface area (Å²) in [6.07, 6.45) is 3.91. The van der Waals surface area contributed by atoms with Crippen LogP contribution < -0.4 is 20.1 Å². The van der Waals surface area contributed by atoms with Gasteiger partial charge in [-0.05, 0) is 26.2 Å². The van der Waals surface area contributed by atoms with Gasteiger partial charge in [0.05, 0.1) is 26.5 Å². The maximum Gasteiger partial charge on any atom is 0.195 e. The predicted octanol–water partition coefficient (Wildman–Crippen LogP) is 2.35. The number of anilines is 1. The second-order valence-corrected chi connectivity index (χ2v) is 6.07. The number of guanidine groups is 1. The van der Waals surface area contributed by atoms with Crippen molar-refractivity contribution >= 4 is 35.6 Å². The normalized spacial score (nSPS) is 12.3. The minimum Gasteiger partial charge on any atom is -0.493 e. The van der Waals surface area contributed by atoms with E-state index in [1.165, 1.54) is 0 Å². The lowest BCUT2D eigenvalue weighted by atomic mass is 10.1. The van der Waals surface area contributed by atoms with Gasteiger partial charge in [-0.3, -0.25) is 9.67 Å². The molecule has 0 aliphatic carbocycles. The van der Waals surface area contributed by atoms with Gasteiger partial charge in [-0.15, -0.1) is 24.0 Å². The van der Waals surface area contributed by atoms with E-state index >= 15 is 0 Å². The molecule has 0 saturated heterocycles. The van der Waals surface area contributed by atoms with Crippen LogP contribution in [0.4, 0.5) is 5.69 Å². The summed E-state index contributed by atoms with van der Waals surface area (Å²) in [5.41, 5.74) is 2.00. The number of hydrogen-bond donors (Lipinski definition) is 2. The summed E-state index contributed by atoms with van der Waals surface area (Å²) in [6, 6.07) is 5.81. The van der Waals surface area contributed by atoms with Crippen molar-refractivity contribution in [2.75, 3.05) is 47.2 Å². The molecule has 1 heterocycles. The van der Waals surface area contributed by atoms with Crippen LogP contribution in [0.1, 0.15) is 11.6 Å². The third kappa shape index (κ3) is 6.28. The molecular formula is C18H29IN6O2. The average molecular weight is 488 g/mol. The molecule has 2 N–H and O–H groups in total. The van der Waals surface area contributed by atoms with Gasteiger partial charge in [0, 0.05) is 44.2 Å². The Morgan fingerprint density at radius 2 is 1.96 bits per heavy atom. The second-order valence-electron chi connectivity index (χ2n) is 6.07. The van der Waals surface area contributed by atoms with Crippen LogP contribution in [0, 0.1) is 0 Å². The summed E-state index contributed by atoms with van der Waals surface area (Å²) < 4.78 is 12.4. The van der Waals surface area contributed by atoms with Crippen LogP contribution >= 0.6 is 24.0 Å². The van der Waals surface area contributed by atoms with Gasteiger partial charge in [0.15, 0.2) is 17.5 Å². The third-order valence-electron chi connectivity index (χ3n) is 4.07. The Morgan fingerprint density at radius 3 is 2.48 bits per heavy atom. The van der Waals surface area contributed by atoms with Crippen molar-refractivity contribution in [1.29, 1.82) is 0 Å². The van der Waals surface area contributed by atoms with Crippen molar-refractivity contribution in [1.82, 2.24) is 20.0 Å². The molecule has 150 valence electrons. The zero-order valence-corrected chi connectivity index (χ0v) is 19.0. The number of nitrogens with zero attached hydrogens (tertiary/aromatic N) is 4.